The molecule has 0 aromatic carbocycles. The van der Waals surface area contributed by atoms with Crippen molar-refractivity contribution in [2.75, 3.05) is 0 Å². The summed E-state index contributed by atoms with van der Waals surface area (Å²) in [4.78, 5) is 7.55. The van der Waals surface area contributed by atoms with Crippen LogP contribution >= 0.6 is 11.3 Å². The minimum absolute atomic E-state index is 0.968. The number of hydrogen-bond acceptors (Lipinski definition) is 2. The van der Waals surface area contributed by atoms with Crippen LogP contribution < -0.4 is 0 Å². The van der Waals surface area contributed by atoms with E-state index < -0.39 is 0 Å². The smallest absolute Gasteiger partial charge is 0.0840 e. The van der Waals surface area contributed by atoms with E-state index >= 15 is 0 Å². The van der Waals surface area contributed by atoms with Crippen LogP contribution in [0.3, 0.4) is 0 Å². The number of aliphatic imine (C=N–C) groups is 1. The maximum atomic E-state index is 4.63. The van der Waals surface area contributed by atoms with Crippen LogP contribution in [-0.4, -0.2) is 6.21 Å². The molecule has 2 heteroatoms. The Morgan fingerprint density at radius 2 is 2.06 bits per heavy atom. The molecule has 0 spiro atoms. The average Bonchev–Trinajstić information content (AvgIpc) is 2.49. The van der Waals surface area contributed by atoms with E-state index in [1.165, 1.54) is 41.8 Å². The molecule has 0 saturated heterocycles. The molecule has 0 aliphatic carbocycles. The highest BCUT2D eigenvalue weighted by Crippen LogP contribution is 2.39. The van der Waals surface area contributed by atoms with Gasteiger partial charge in [0.1, 0.15) is 0 Å². The molecule has 1 aromatic heterocycles. The van der Waals surface area contributed by atoms with Crippen molar-refractivity contribution in [3.05, 3.63) is 21.4 Å². The maximum Gasteiger partial charge on any atom is 0.0840 e. The van der Waals surface area contributed by atoms with Crippen molar-refractivity contribution in [3.8, 4) is 0 Å². The van der Waals surface area contributed by atoms with E-state index in [1.807, 2.05) is 17.6 Å². The van der Waals surface area contributed by atoms with Crippen LogP contribution in [0, 0.1) is 0 Å². The van der Waals surface area contributed by atoms with Gasteiger partial charge in [-0.25, -0.2) is 0 Å². The molecular formula is C14H19NS. The van der Waals surface area contributed by atoms with Gasteiger partial charge in [0.05, 0.1) is 10.6 Å². The summed E-state index contributed by atoms with van der Waals surface area (Å²) in [7, 11) is 0. The van der Waals surface area contributed by atoms with E-state index in [1.54, 1.807) is 4.88 Å². The number of hydrogen-bond donors (Lipinski definition) is 0. The first-order chi connectivity index (χ1) is 7.86. The molecule has 0 amide bonds. The zero-order valence-electron chi connectivity index (χ0n) is 10.1. The highest BCUT2D eigenvalue weighted by molar-refractivity contribution is 7.13. The van der Waals surface area contributed by atoms with Gasteiger partial charge in [-0.2, -0.15) is 0 Å². The molecule has 2 heterocycles. The van der Waals surface area contributed by atoms with Crippen molar-refractivity contribution < 1.29 is 0 Å². The van der Waals surface area contributed by atoms with Crippen LogP contribution in [0.25, 0.3) is 6.08 Å². The minimum Gasteiger partial charge on any atom is -0.259 e. The van der Waals surface area contributed by atoms with Gasteiger partial charge in [-0.05, 0) is 24.5 Å². The molecule has 16 heavy (non-hydrogen) atoms. The molecule has 1 aromatic rings. The third kappa shape index (κ3) is 2.27. The van der Waals surface area contributed by atoms with Gasteiger partial charge in [0, 0.05) is 17.5 Å². The number of nitrogens with zero attached hydrogens (tertiary/aromatic N) is 1. The molecule has 0 atom stereocenters. The number of fused-ring (bicyclic) bond motifs is 1. The van der Waals surface area contributed by atoms with Crippen molar-refractivity contribution >= 4 is 29.3 Å². The van der Waals surface area contributed by atoms with E-state index in [0.717, 1.165) is 6.42 Å². The largest absolute Gasteiger partial charge is 0.259 e. The molecule has 0 fully saturated rings. The van der Waals surface area contributed by atoms with Crippen LogP contribution in [0.15, 0.2) is 11.1 Å². The first kappa shape index (κ1) is 11.6. The summed E-state index contributed by atoms with van der Waals surface area (Å²) >= 11 is 1.94. The first-order valence-electron chi connectivity index (χ1n) is 6.20. The van der Waals surface area contributed by atoms with E-state index in [9.17, 15) is 0 Å². The van der Waals surface area contributed by atoms with Gasteiger partial charge >= 0.3 is 0 Å². The normalized spacial score (nSPS) is 13.9. The van der Waals surface area contributed by atoms with Gasteiger partial charge in [0.2, 0.25) is 0 Å². The highest BCUT2D eigenvalue weighted by Gasteiger charge is 2.15. The first-order valence-corrected chi connectivity index (χ1v) is 7.02. The predicted molar refractivity (Wildman–Crippen MR) is 74.1 cm³/mol. The van der Waals surface area contributed by atoms with Crippen molar-refractivity contribution in [1.82, 2.24) is 0 Å². The lowest BCUT2D eigenvalue weighted by Crippen LogP contribution is -1.88. The molecule has 0 radical (unpaired) electrons. The van der Waals surface area contributed by atoms with Crippen LogP contribution in [0.2, 0.25) is 0 Å². The lowest BCUT2D eigenvalue weighted by molar-refractivity contribution is 0.878. The zero-order valence-corrected chi connectivity index (χ0v) is 10.9. The molecular weight excluding hydrogens is 214 g/mol. The van der Waals surface area contributed by atoms with Crippen molar-refractivity contribution in [2.24, 2.45) is 4.99 Å². The second-order valence-corrected chi connectivity index (χ2v) is 5.30. The van der Waals surface area contributed by atoms with Crippen LogP contribution in [0.1, 0.15) is 48.4 Å². The summed E-state index contributed by atoms with van der Waals surface area (Å²) in [5, 5.41) is 0. The summed E-state index contributed by atoms with van der Waals surface area (Å²) in [5.41, 5.74) is 2.76. The van der Waals surface area contributed by atoms with Crippen LogP contribution in [0.5, 0.6) is 0 Å². The Labute approximate surface area is 102 Å². The fraction of sp³-hybridized carbons (Fsp3) is 0.500. The molecule has 86 valence electrons. The van der Waals surface area contributed by atoms with Gasteiger partial charge < -0.3 is 0 Å². The summed E-state index contributed by atoms with van der Waals surface area (Å²) in [6.45, 7) is 4.50. The third-order valence-electron chi connectivity index (χ3n) is 2.80. The van der Waals surface area contributed by atoms with Gasteiger partial charge in [-0.3, -0.25) is 4.99 Å². The topological polar surface area (TPSA) is 12.4 Å². The Hall–Kier alpha value is -0.890. The molecule has 0 saturated carbocycles. The van der Waals surface area contributed by atoms with Gasteiger partial charge in [-0.15, -0.1) is 11.3 Å². The van der Waals surface area contributed by atoms with Gasteiger partial charge in [0.15, 0.2) is 0 Å². The monoisotopic (exact) mass is 233 g/mol. The number of allylic oxidation sites excluding steroid dienone is 1. The quantitative estimate of drug-likeness (QED) is 0.710. The molecule has 0 unspecified atom stereocenters. The zero-order chi connectivity index (χ0) is 11.4. The lowest BCUT2D eigenvalue weighted by atomic mass is 10.1. The molecule has 1 aliphatic heterocycles. The van der Waals surface area contributed by atoms with E-state index in [-0.39, 0.29) is 0 Å². The summed E-state index contributed by atoms with van der Waals surface area (Å²) in [6.07, 6.45) is 12.3. The van der Waals surface area contributed by atoms with E-state index in [4.69, 9.17) is 0 Å². The molecule has 2 rings (SSSR count). The Kier molecular flexibility index (Phi) is 3.94. The fourth-order valence-corrected chi connectivity index (χ4v) is 3.43. The Balaban J connectivity index is 2.44. The molecule has 0 bridgehead atoms. The van der Waals surface area contributed by atoms with Crippen LogP contribution in [-0.2, 0) is 12.8 Å². The van der Waals surface area contributed by atoms with Crippen molar-refractivity contribution in [2.45, 2.75) is 46.0 Å². The fourth-order valence-electron chi connectivity index (χ4n) is 2.09. The van der Waals surface area contributed by atoms with Gasteiger partial charge in [-0.1, -0.05) is 32.8 Å². The minimum atomic E-state index is 0.968. The highest BCUT2D eigenvalue weighted by atomic mass is 32.1. The number of thiophene rings is 1. The molecule has 1 nitrogen and oxygen atoms in total. The summed E-state index contributed by atoms with van der Waals surface area (Å²) in [5.74, 6) is 0. The third-order valence-corrected chi connectivity index (χ3v) is 4.04. The molecule has 1 aliphatic rings. The Bertz CT molecular complexity index is 413. The van der Waals surface area contributed by atoms with E-state index in [0.29, 0.717) is 0 Å². The maximum absolute atomic E-state index is 4.63. The second kappa shape index (κ2) is 5.44. The average molecular weight is 233 g/mol. The standard InChI is InChI=1S/C14H19NS/c1-3-7-11-12(8-4-2)16-13-9-5-6-10-15-14(11)13/h5,9-10H,3-4,6-8H2,1-2H3. The number of aryl methyl sites for hydroxylation is 1. The Morgan fingerprint density at radius 1 is 1.25 bits per heavy atom. The van der Waals surface area contributed by atoms with Crippen molar-refractivity contribution in [3.63, 3.8) is 0 Å². The summed E-state index contributed by atoms with van der Waals surface area (Å²) < 4.78 is 0. The van der Waals surface area contributed by atoms with E-state index in [2.05, 4.69) is 31.0 Å². The predicted octanol–water partition coefficient (Wildman–Crippen LogP) is 4.77. The van der Waals surface area contributed by atoms with Crippen LogP contribution in [0.4, 0.5) is 5.69 Å². The Morgan fingerprint density at radius 3 is 2.81 bits per heavy atom. The van der Waals surface area contributed by atoms with Crippen molar-refractivity contribution in [1.29, 1.82) is 0 Å². The van der Waals surface area contributed by atoms with Gasteiger partial charge in [0.25, 0.3) is 0 Å². The molecule has 0 N–H and O–H groups in total. The second-order valence-electron chi connectivity index (χ2n) is 4.17. The lowest BCUT2D eigenvalue weighted by Gasteiger charge is -2.02. The summed E-state index contributed by atoms with van der Waals surface area (Å²) in [6, 6.07) is 0. The SMILES string of the molecule is CCCc1sc2c(c1CCC)N=CCC=C2. The number of rotatable bonds is 4.